The average Bonchev–Trinajstić information content (AvgIpc) is 2.50. The van der Waals surface area contributed by atoms with Crippen LogP contribution in [0.5, 0.6) is 11.8 Å². The van der Waals surface area contributed by atoms with Crippen LogP contribution in [0.15, 0.2) is 24.3 Å². The summed E-state index contributed by atoms with van der Waals surface area (Å²) in [4.78, 5) is 14.4. The summed E-state index contributed by atoms with van der Waals surface area (Å²) in [6, 6.07) is 5.75. The van der Waals surface area contributed by atoms with Crippen LogP contribution >= 0.6 is 11.6 Å². The number of rotatable bonds is 3. The third-order valence-electron chi connectivity index (χ3n) is 3.24. The summed E-state index contributed by atoms with van der Waals surface area (Å²) in [5.41, 5.74) is 0. The number of piperidine rings is 1. The lowest BCUT2D eigenvalue weighted by molar-refractivity contribution is 0.436. The van der Waals surface area contributed by atoms with Crippen molar-refractivity contribution in [3.63, 3.8) is 0 Å². The fraction of sp³-hybridized carbons (Fsp3) is 0.357. The third kappa shape index (κ3) is 3.58. The lowest BCUT2D eigenvalue weighted by Gasteiger charge is -2.26. The van der Waals surface area contributed by atoms with Gasteiger partial charge in [-0.15, -0.1) is 0 Å². The highest BCUT2D eigenvalue weighted by molar-refractivity contribution is 6.28. The monoisotopic (exact) mass is 308 g/mol. The van der Waals surface area contributed by atoms with E-state index in [0.717, 1.165) is 25.9 Å². The standard InChI is InChI=1S/C14H14ClFN4O/c15-12-17-13(20-8-2-1-3-9-20)19-14(18-12)21-11-6-4-10(16)5-7-11/h4-7H,1-3,8-9H2. The van der Waals surface area contributed by atoms with E-state index >= 15 is 0 Å². The van der Waals surface area contributed by atoms with E-state index in [1.165, 1.54) is 30.7 Å². The van der Waals surface area contributed by atoms with Crippen molar-refractivity contribution >= 4 is 17.5 Å². The number of anilines is 1. The van der Waals surface area contributed by atoms with Gasteiger partial charge in [0, 0.05) is 13.1 Å². The molecule has 0 spiro atoms. The molecule has 1 aromatic carbocycles. The first kappa shape index (κ1) is 14.0. The van der Waals surface area contributed by atoms with E-state index in [0.29, 0.717) is 11.7 Å². The fourth-order valence-corrected chi connectivity index (χ4v) is 2.36. The number of hydrogen-bond donors (Lipinski definition) is 0. The van der Waals surface area contributed by atoms with E-state index in [-0.39, 0.29) is 17.1 Å². The molecule has 0 unspecified atom stereocenters. The van der Waals surface area contributed by atoms with Crippen LogP contribution in [0, 0.1) is 5.82 Å². The molecule has 0 amide bonds. The molecule has 0 N–H and O–H groups in total. The van der Waals surface area contributed by atoms with E-state index in [4.69, 9.17) is 16.3 Å². The molecule has 0 radical (unpaired) electrons. The molecule has 0 aliphatic carbocycles. The predicted molar refractivity (Wildman–Crippen MR) is 77.4 cm³/mol. The minimum absolute atomic E-state index is 0.0858. The number of ether oxygens (including phenoxy) is 1. The highest BCUT2D eigenvalue weighted by Crippen LogP contribution is 2.23. The zero-order chi connectivity index (χ0) is 14.7. The first-order chi connectivity index (χ1) is 10.2. The van der Waals surface area contributed by atoms with Crippen molar-refractivity contribution < 1.29 is 9.13 Å². The molecular weight excluding hydrogens is 295 g/mol. The maximum atomic E-state index is 12.9. The molecule has 1 fully saturated rings. The second kappa shape index (κ2) is 6.22. The molecule has 1 aliphatic rings. The number of halogens is 2. The Morgan fingerprint density at radius 2 is 1.71 bits per heavy atom. The Morgan fingerprint density at radius 1 is 1.00 bits per heavy atom. The molecule has 0 atom stereocenters. The van der Waals surface area contributed by atoms with E-state index in [1.54, 1.807) is 0 Å². The van der Waals surface area contributed by atoms with Crippen molar-refractivity contribution in [2.45, 2.75) is 19.3 Å². The molecule has 110 valence electrons. The van der Waals surface area contributed by atoms with Gasteiger partial charge >= 0.3 is 6.01 Å². The second-order valence-corrected chi connectivity index (χ2v) is 5.13. The molecule has 7 heteroatoms. The molecular formula is C14H14ClFN4O. The topological polar surface area (TPSA) is 51.1 Å². The summed E-state index contributed by atoms with van der Waals surface area (Å²) >= 11 is 5.93. The quantitative estimate of drug-likeness (QED) is 0.869. The Labute approximate surface area is 126 Å². The van der Waals surface area contributed by atoms with Crippen molar-refractivity contribution in [1.82, 2.24) is 15.0 Å². The summed E-state index contributed by atoms with van der Waals surface area (Å²) in [6.45, 7) is 1.80. The smallest absolute Gasteiger partial charge is 0.328 e. The van der Waals surface area contributed by atoms with Crippen LogP contribution in [-0.2, 0) is 0 Å². The molecule has 21 heavy (non-hydrogen) atoms. The number of aromatic nitrogens is 3. The summed E-state index contributed by atoms with van der Waals surface area (Å²) in [7, 11) is 0. The normalized spacial score (nSPS) is 15.0. The molecule has 0 saturated carbocycles. The molecule has 0 bridgehead atoms. The van der Waals surface area contributed by atoms with Crippen LogP contribution in [0.2, 0.25) is 5.28 Å². The molecule has 3 rings (SSSR count). The van der Waals surface area contributed by atoms with Gasteiger partial charge < -0.3 is 9.64 Å². The van der Waals surface area contributed by atoms with Crippen LogP contribution in [0.25, 0.3) is 0 Å². The van der Waals surface area contributed by atoms with E-state index in [9.17, 15) is 4.39 Å². The van der Waals surface area contributed by atoms with Gasteiger partial charge in [-0.2, -0.15) is 15.0 Å². The highest BCUT2D eigenvalue weighted by atomic mass is 35.5. The van der Waals surface area contributed by atoms with Gasteiger partial charge in [-0.05, 0) is 55.1 Å². The third-order valence-corrected chi connectivity index (χ3v) is 3.41. The van der Waals surface area contributed by atoms with Gasteiger partial charge in [0.1, 0.15) is 11.6 Å². The summed E-state index contributed by atoms with van der Waals surface area (Å²) in [5.74, 6) is 0.639. The molecule has 2 aromatic rings. The lowest BCUT2D eigenvalue weighted by atomic mass is 10.1. The zero-order valence-electron chi connectivity index (χ0n) is 11.3. The molecule has 1 aromatic heterocycles. The lowest BCUT2D eigenvalue weighted by Crippen LogP contribution is -2.31. The zero-order valence-corrected chi connectivity index (χ0v) is 12.1. The summed E-state index contributed by atoms with van der Waals surface area (Å²) in [5, 5.41) is 0.0858. The maximum absolute atomic E-state index is 12.9. The van der Waals surface area contributed by atoms with Crippen molar-refractivity contribution in [3.05, 3.63) is 35.4 Å². The molecule has 5 nitrogen and oxygen atoms in total. The average molecular weight is 309 g/mol. The van der Waals surface area contributed by atoms with Gasteiger partial charge in [-0.3, -0.25) is 0 Å². The van der Waals surface area contributed by atoms with Gasteiger partial charge in [-0.25, -0.2) is 4.39 Å². The van der Waals surface area contributed by atoms with Crippen LogP contribution in [0.3, 0.4) is 0 Å². The van der Waals surface area contributed by atoms with Crippen molar-refractivity contribution in [3.8, 4) is 11.8 Å². The SMILES string of the molecule is Fc1ccc(Oc2nc(Cl)nc(N3CCCCC3)n2)cc1. The Bertz CT molecular complexity index is 617. The fourth-order valence-electron chi connectivity index (χ4n) is 2.21. The molecule has 1 saturated heterocycles. The van der Waals surface area contributed by atoms with Crippen LogP contribution in [0.4, 0.5) is 10.3 Å². The van der Waals surface area contributed by atoms with Gasteiger partial charge in [0.15, 0.2) is 0 Å². The van der Waals surface area contributed by atoms with Crippen molar-refractivity contribution in [1.29, 1.82) is 0 Å². The van der Waals surface area contributed by atoms with Crippen LogP contribution in [-0.4, -0.2) is 28.0 Å². The first-order valence-electron chi connectivity index (χ1n) is 6.81. The van der Waals surface area contributed by atoms with E-state index in [1.807, 2.05) is 0 Å². The van der Waals surface area contributed by atoms with E-state index < -0.39 is 0 Å². The highest BCUT2D eigenvalue weighted by Gasteiger charge is 2.16. The Morgan fingerprint density at radius 3 is 2.43 bits per heavy atom. The Kier molecular flexibility index (Phi) is 4.15. The maximum Gasteiger partial charge on any atom is 0.328 e. The van der Waals surface area contributed by atoms with Gasteiger partial charge in [0.25, 0.3) is 0 Å². The van der Waals surface area contributed by atoms with Gasteiger partial charge in [-0.1, -0.05) is 0 Å². The van der Waals surface area contributed by atoms with Gasteiger partial charge in [0.05, 0.1) is 0 Å². The number of benzene rings is 1. The van der Waals surface area contributed by atoms with E-state index in [2.05, 4.69) is 19.9 Å². The largest absolute Gasteiger partial charge is 0.424 e. The number of hydrogen-bond acceptors (Lipinski definition) is 5. The van der Waals surface area contributed by atoms with Crippen LogP contribution in [0.1, 0.15) is 19.3 Å². The Hall–Kier alpha value is -1.95. The molecule has 2 heterocycles. The number of nitrogens with zero attached hydrogens (tertiary/aromatic N) is 4. The molecule has 1 aliphatic heterocycles. The summed E-state index contributed by atoms with van der Waals surface area (Å²) < 4.78 is 18.4. The summed E-state index contributed by atoms with van der Waals surface area (Å²) in [6.07, 6.45) is 3.43. The van der Waals surface area contributed by atoms with Crippen molar-refractivity contribution in [2.75, 3.05) is 18.0 Å². The minimum atomic E-state index is -0.329. The van der Waals surface area contributed by atoms with Gasteiger partial charge in [0.2, 0.25) is 11.2 Å². The van der Waals surface area contributed by atoms with Crippen molar-refractivity contribution in [2.24, 2.45) is 0 Å². The first-order valence-corrected chi connectivity index (χ1v) is 7.18. The predicted octanol–water partition coefficient (Wildman–Crippen LogP) is 3.45. The van der Waals surface area contributed by atoms with Crippen LogP contribution < -0.4 is 9.64 Å². The minimum Gasteiger partial charge on any atom is -0.424 e. The Balaban J connectivity index is 1.81. The second-order valence-electron chi connectivity index (χ2n) is 4.79.